The molecule has 0 bridgehead atoms. The summed E-state index contributed by atoms with van der Waals surface area (Å²) in [7, 11) is 1.57. The van der Waals surface area contributed by atoms with Gasteiger partial charge in [-0.3, -0.25) is 9.78 Å². The molecule has 0 saturated carbocycles. The van der Waals surface area contributed by atoms with Gasteiger partial charge in [-0.25, -0.2) is 0 Å². The van der Waals surface area contributed by atoms with Gasteiger partial charge in [0.05, 0.1) is 19.9 Å². The molecular weight excluding hydrogens is 242 g/mol. The van der Waals surface area contributed by atoms with Crippen LogP contribution >= 0.6 is 0 Å². The molecule has 0 spiro atoms. The van der Waals surface area contributed by atoms with Crippen LogP contribution in [-0.4, -0.2) is 25.0 Å². The van der Waals surface area contributed by atoms with Gasteiger partial charge >= 0.3 is 0 Å². The van der Waals surface area contributed by atoms with E-state index in [4.69, 9.17) is 9.47 Å². The fourth-order valence-corrected chi connectivity index (χ4v) is 1.84. The van der Waals surface area contributed by atoms with Crippen molar-refractivity contribution in [1.29, 1.82) is 0 Å². The lowest BCUT2D eigenvalue weighted by Gasteiger charge is -2.09. The molecule has 0 atom stereocenters. The van der Waals surface area contributed by atoms with Crippen molar-refractivity contribution in [3.8, 4) is 22.6 Å². The minimum Gasteiger partial charge on any atom is -0.497 e. The molecule has 0 aliphatic carbocycles. The van der Waals surface area contributed by atoms with Gasteiger partial charge < -0.3 is 9.47 Å². The van der Waals surface area contributed by atoms with Gasteiger partial charge in [0.25, 0.3) is 0 Å². The second-order valence-corrected chi connectivity index (χ2v) is 3.91. The third-order valence-corrected chi connectivity index (χ3v) is 2.72. The first-order chi connectivity index (χ1) is 9.28. The molecular formula is C15H15NO3. The smallest absolute Gasteiger partial charge is 0.150 e. The van der Waals surface area contributed by atoms with Crippen LogP contribution in [0.1, 0.15) is 17.3 Å². The number of carbonyl (C=O) groups is 1. The van der Waals surface area contributed by atoms with E-state index < -0.39 is 0 Å². The van der Waals surface area contributed by atoms with Gasteiger partial charge in [0.2, 0.25) is 0 Å². The van der Waals surface area contributed by atoms with E-state index >= 15 is 0 Å². The Hall–Kier alpha value is -2.36. The van der Waals surface area contributed by atoms with Gasteiger partial charge in [0.15, 0.2) is 6.29 Å². The maximum atomic E-state index is 11.2. The monoisotopic (exact) mass is 257 g/mol. The summed E-state index contributed by atoms with van der Waals surface area (Å²) in [6.45, 7) is 2.49. The van der Waals surface area contributed by atoms with Crippen molar-refractivity contribution in [3.63, 3.8) is 0 Å². The highest BCUT2D eigenvalue weighted by Crippen LogP contribution is 2.28. The Kier molecular flexibility index (Phi) is 4.13. The summed E-state index contributed by atoms with van der Waals surface area (Å²) in [5, 5.41) is 0. The summed E-state index contributed by atoms with van der Waals surface area (Å²) >= 11 is 0. The standard InChI is InChI=1S/C15H15NO3/c1-3-19-14-6-11(8-16-9-14)15-5-4-13(18-2)7-12(15)10-17/h4-10H,3H2,1-2H3. The molecule has 98 valence electrons. The zero-order valence-electron chi connectivity index (χ0n) is 10.9. The number of aldehydes is 1. The van der Waals surface area contributed by atoms with E-state index in [0.29, 0.717) is 23.7 Å². The fourth-order valence-electron chi connectivity index (χ4n) is 1.84. The average molecular weight is 257 g/mol. The Morgan fingerprint density at radius 1 is 1.21 bits per heavy atom. The number of ether oxygens (including phenoxy) is 2. The van der Waals surface area contributed by atoms with Gasteiger partial charge in [0, 0.05) is 17.3 Å². The van der Waals surface area contributed by atoms with Crippen molar-refractivity contribution in [2.45, 2.75) is 6.92 Å². The van der Waals surface area contributed by atoms with Crippen molar-refractivity contribution in [2.75, 3.05) is 13.7 Å². The third kappa shape index (κ3) is 2.91. The number of hydrogen-bond donors (Lipinski definition) is 0. The van der Waals surface area contributed by atoms with Gasteiger partial charge in [-0.15, -0.1) is 0 Å². The molecule has 0 N–H and O–H groups in total. The Morgan fingerprint density at radius 2 is 2.05 bits per heavy atom. The molecule has 4 nitrogen and oxygen atoms in total. The SMILES string of the molecule is CCOc1cncc(-c2ccc(OC)cc2C=O)c1. The molecule has 4 heteroatoms. The van der Waals surface area contributed by atoms with E-state index in [1.807, 2.05) is 25.1 Å². The number of rotatable bonds is 5. The van der Waals surface area contributed by atoms with E-state index in [9.17, 15) is 4.79 Å². The van der Waals surface area contributed by atoms with Crippen LogP contribution in [0.25, 0.3) is 11.1 Å². The number of aromatic nitrogens is 1. The minimum absolute atomic E-state index is 0.565. The molecule has 0 amide bonds. The predicted molar refractivity (Wildman–Crippen MR) is 72.8 cm³/mol. The Morgan fingerprint density at radius 3 is 2.74 bits per heavy atom. The van der Waals surface area contributed by atoms with Crippen molar-refractivity contribution in [1.82, 2.24) is 4.98 Å². The van der Waals surface area contributed by atoms with Crippen LogP contribution in [0.4, 0.5) is 0 Å². The van der Waals surface area contributed by atoms with Gasteiger partial charge in [0.1, 0.15) is 11.5 Å². The van der Waals surface area contributed by atoms with Crippen LogP contribution in [0.3, 0.4) is 0 Å². The van der Waals surface area contributed by atoms with Gasteiger partial charge in [-0.05, 0) is 36.8 Å². The van der Waals surface area contributed by atoms with E-state index in [-0.39, 0.29) is 0 Å². The quantitative estimate of drug-likeness (QED) is 0.773. The highest BCUT2D eigenvalue weighted by Gasteiger charge is 2.07. The normalized spacial score (nSPS) is 10.0. The zero-order valence-corrected chi connectivity index (χ0v) is 10.9. The summed E-state index contributed by atoms with van der Waals surface area (Å²) in [5.74, 6) is 1.34. The van der Waals surface area contributed by atoms with Crippen molar-refractivity contribution >= 4 is 6.29 Å². The maximum Gasteiger partial charge on any atom is 0.150 e. The molecule has 0 unspecified atom stereocenters. The van der Waals surface area contributed by atoms with E-state index in [0.717, 1.165) is 17.4 Å². The predicted octanol–water partition coefficient (Wildman–Crippen LogP) is 2.97. The second-order valence-electron chi connectivity index (χ2n) is 3.91. The Bertz CT molecular complexity index is 581. The largest absolute Gasteiger partial charge is 0.497 e. The highest BCUT2D eigenvalue weighted by molar-refractivity contribution is 5.88. The summed E-state index contributed by atoms with van der Waals surface area (Å²) in [5.41, 5.74) is 2.22. The topological polar surface area (TPSA) is 48.4 Å². The first-order valence-corrected chi connectivity index (χ1v) is 6.00. The van der Waals surface area contributed by atoms with Crippen LogP contribution in [0.5, 0.6) is 11.5 Å². The van der Waals surface area contributed by atoms with Crippen LogP contribution in [0, 0.1) is 0 Å². The summed E-state index contributed by atoms with van der Waals surface area (Å²) in [4.78, 5) is 15.3. The fraction of sp³-hybridized carbons (Fsp3) is 0.200. The van der Waals surface area contributed by atoms with Crippen LogP contribution in [0.2, 0.25) is 0 Å². The molecule has 1 heterocycles. The lowest BCUT2D eigenvalue weighted by Crippen LogP contribution is -1.94. The lowest BCUT2D eigenvalue weighted by atomic mass is 10.0. The molecule has 19 heavy (non-hydrogen) atoms. The summed E-state index contributed by atoms with van der Waals surface area (Å²) < 4.78 is 10.5. The molecule has 0 aliphatic heterocycles. The number of benzene rings is 1. The first kappa shape index (κ1) is 13.1. The lowest BCUT2D eigenvalue weighted by molar-refractivity contribution is 0.112. The van der Waals surface area contributed by atoms with E-state index in [2.05, 4.69) is 4.98 Å². The number of hydrogen-bond acceptors (Lipinski definition) is 4. The molecule has 0 aliphatic rings. The van der Waals surface area contributed by atoms with Crippen LogP contribution < -0.4 is 9.47 Å². The molecule has 0 saturated heterocycles. The Balaban J connectivity index is 2.45. The van der Waals surface area contributed by atoms with Gasteiger partial charge in [-0.1, -0.05) is 0 Å². The molecule has 1 aromatic heterocycles. The maximum absolute atomic E-state index is 11.2. The summed E-state index contributed by atoms with van der Waals surface area (Å²) in [6.07, 6.45) is 4.17. The third-order valence-electron chi connectivity index (χ3n) is 2.72. The first-order valence-electron chi connectivity index (χ1n) is 6.00. The average Bonchev–Trinajstić information content (AvgIpc) is 2.47. The highest BCUT2D eigenvalue weighted by atomic mass is 16.5. The Labute approximate surface area is 112 Å². The van der Waals surface area contributed by atoms with Crippen molar-refractivity contribution in [3.05, 3.63) is 42.2 Å². The van der Waals surface area contributed by atoms with E-state index in [1.165, 1.54) is 0 Å². The zero-order chi connectivity index (χ0) is 13.7. The van der Waals surface area contributed by atoms with Crippen LogP contribution in [-0.2, 0) is 0 Å². The van der Waals surface area contributed by atoms with Gasteiger partial charge in [-0.2, -0.15) is 0 Å². The number of pyridine rings is 1. The molecule has 0 fully saturated rings. The van der Waals surface area contributed by atoms with Crippen LogP contribution in [0.15, 0.2) is 36.7 Å². The minimum atomic E-state index is 0.565. The molecule has 2 aromatic rings. The molecule has 2 rings (SSSR count). The second kappa shape index (κ2) is 6.00. The van der Waals surface area contributed by atoms with Crippen molar-refractivity contribution in [2.24, 2.45) is 0 Å². The molecule has 1 aromatic carbocycles. The van der Waals surface area contributed by atoms with Crippen molar-refractivity contribution < 1.29 is 14.3 Å². The summed E-state index contributed by atoms with van der Waals surface area (Å²) in [6, 6.07) is 7.23. The molecule has 0 radical (unpaired) electrons. The number of carbonyl (C=O) groups excluding carboxylic acids is 1. The number of methoxy groups -OCH3 is 1. The van der Waals surface area contributed by atoms with E-state index in [1.54, 1.807) is 25.6 Å². The number of nitrogens with zero attached hydrogens (tertiary/aromatic N) is 1.